The number of amides is 2. The van der Waals surface area contributed by atoms with Gasteiger partial charge in [-0.2, -0.15) is 17.0 Å². The van der Waals surface area contributed by atoms with Gasteiger partial charge in [-0.05, 0) is 35.9 Å². The Labute approximate surface area is 191 Å². The molecule has 32 heavy (non-hydrogen) atoms. The van der Waals surface area contributed by atoms with Crippen LogP contribution in [0.25, 0.3) is 0 Å². The SMILES string of the molecule is N#CCNC(=O)C(CSCc1ccccc1)NC(=O)c1cccc(Oc2ccccc2)c1. The Balaban J connectivity index is 1.64. The van der Waals surface area contributed by atoms with Crippen molar-refractivity contribution in [3.63, 3.8) is 0 Å². The molecule has 0 aromatic heterocycles. The topological polar surface area (TPSA) is 91.2 Å². The number of thioether (sulfide) groups is 1. The van der Waals surface area contributed by atoms with Gasteiger partial charge in [0.25, 0.3) is 5.91 Å². The van der Waals surface area contributed by atoms with Gasteiger partial charge in [0, 0.05) is 17.1 Å². The predicted molar refractivity (Wildman–Crippen MR) is 125 cm³/mol. The van der Waals surface area contributed by atoms with Crippen LogP contribution < -0.4 is 15.4 Å². The third kappa shape index (κ3) is 7.18. The van der Waals surface area contributed by atoms with E-state index in [1.165, 1.54) is 11.8 Å². The number of para-hydroxylation sites is 1. The van der Waals surface area contributed by atoms with Gasteiger partial charge in [-0.15, -0.1) is 0 Å². The summed E-state index contributed by atoms with van der Waals surface area (Å²) in [5.74, 6) is 1.49. The van der Waals surface area contributed by atoms with E-state index >= 15 is 0 Å². The molecule has 3 rings (SSSR count). The van der Waals surface area contributed by atoms with Crippen LogP contribution in [0, 0.1) is 11.3 Å². The standard InChI is InChI=1S/C25H23N3O3S/c26-14-15-27-25(30)23(18-32-17-19-8-3-1-4-9-19)28-24(29)20-10-7-13-22(16-20)31-21-11-5-2-6-12-21/h1-13,16,23H,15,17-18H2,(H,27,30)(H,28,29). The van der Waals surface area contributed by atoms with E-state index in [2.05, 4.69) is 10.6 Å². The molecule has 7 heteroatoms. The molecule has 6 nitrogen and oxygen atoms in total. The summed E-state index contributed by atoms with van der Waals surface area (Å²) in [6, 6.07) is 27.0. The fraction of sp³-hybridized carbons (Fsp3) is 0.160. The molecule has 2 N–H and O–H groups in total. The maximum Gasteiger partial charge on any atom is 0.252 e. The van der Waals surface area contributed by atoms with E-state index in [0.717, 1.165) is 5.56 Å². The number of nitriles is 1. The van der Waals surface area contributed by atoms with E-state index in [0.29, 0.717) is 28.6 Å². The third-order valence-corrected chi connectivity index (χ3v) is 5.54. The summed E-state index contributed by atoms with van der Waals surface area (Å²) in [6.45, 7) is -0.116. The summed E-state index contributed by atoms with van der Waals surface area (Å²) in [4.78, 5) is 25.4. The van der Waals surface area contributed by atoms with Gasteiger partial charge in [0.1, 0.15) is 24.1 Å². The summed E-state index contributed by atoms with van der Waals surface area (Å²) in [5, 5.41) is 14.1. The highest BCUT2D eigenvalue weighted by Crippen LogP contribution is 2.22. The van der Waals surface area contributed by atoms with E-state index < -0.39 is 11.9 Å². The smallest absolute Gasteiger partial charge is 0.252 e. The Bertz CT molecular complexity index is 1070. The zero-order chi connectivity index (χ0) is 22.6. The molecule has 0 aliphatic rings. The molecule has 0 saturated heterocycles. The molecule has 0 fully saturated rings. The van der Waals surface area contributed by atoms with Crippen LogP contribution in [0.4, 0.5) is 0 Å². The van der Waals surface area contributed by atoms with E-state index in [1.54, 1.807) is 24.3 Å². The van der Waals surface area contributed by atoms with Crippen LogP contribution in [-0.4, -0.2) is 30.2 Å². The second-order valence-corrected chi connectivity index (χ2v) is 7.88. The maximum atomic E-state index is 12.9. The summed E-state index contributed by atoms with van der Waals surface area (Å²) in [5.41, 5.74) is 1.51. The van der Waals surface area contributed by atoms with Gasteiger partial charge in [-0.25, -0.2) is 0 Å². The van der Waals surface area contributed by atoms with Crippen molar-refractivity contribution in [1.29, 1.82) is 5.26 Å². The monoisotopic (exact) mass is 445 g/mol. The number of nitrogens with one attached hydrogen (secondary N) is 2. The number of carbonyl (C=O) groups is 2. The minimum atomic E-state index is -0.775. The lowest BCUT2D eigenvalue weighted by Gasteiger charge is -2.18. The molecule has 0 saturated carbocycles. The molecule has 0 radical (unpaired) electrons. The van der Waals surface area contributed by atoms with Crippen LogP contribution in [0.1, 0.15) is 15.9 Å². The highest BCUT2D eigenvalue weighted by molar-refractivity contribution is 7.98. The number of hydrogen-bond donors (Lipinski definition) is 2. The minimum Gasteiger partial charge on any atom is -0.457 e. The Morgan fingerprint density at radius 2 is 1.62 bits per heavy atom. The largest absolute Gasteiger partial charge is 0.457 e. The molecule has 0 aliphatic heterocycles. The van der Waals surface area contributed by atoms with E-state index in [-0.39, 0.29) is 12.5 Å². The van der Waals surface area contributed by atoms with Gasteiger partial charge in [0.05, 0.1) is 6.07 Å². The number of benzene rings is 3. The van der Waals surface area contributed by atoms with Gasteiger partial charge >= 0.3 is 0 Å². The summed E-state index contributed by atoms with van der Waals surface area (Å²) < 4.78 is 5.79. The first kappa shape index (κ1) is 22.9. The lowest BCUT2D eigenvalue weighted by molar-refractivity contribution is -0.122. The Morgan fingerprint density at radius 3 is 2.34 bits per heavy atom. The average molecular weight is 446 g/mol. The van der Waals surface area contributed by atoms with E-state index in [4.69, 9.17) is 10.00 Å². The number of ether oxygens (including phenoxy) is 1. The molecule has 0 spiro atoms. The molecular weight excluding hydrogens is 422 g/mol. The Morgan fingerprint density at radius 1 is 0.938 bits per heavy atom. The maximum absolute atomic E-state index is 12.9. The lowest BCUT2D eigenvalue weighted by Crippen LogP contribution is -2.48. The normalized spacial score (nSPS) is 11.1. The molecule has 0 heterocycles. The highest BCUT2D eigenvalue weighted by Gasteiger charge is 2.21. The molecule has 2 amide bonds. The molecule has 3 aromatic rings. The minimum absolute atomic E-state index is 0.116. The second kappa shape index (κ2) is 12.2. The third-order valence-electron chi connectivity index (χ3n) is 4.43. The first-order valence-corrected chi connectivity index (χ1v) is 11.2. The zero-order valence-corrected chi connectivity index (χ0v) is 18.2. The zero-order valence-electron chi connectivity index (χ0n) is 17.4. The molecular formula is C25H23N3O3S. The van der Waals surface area contributed by atoms with E-state index in [1.807, 2.05) is 66.7 Å². The molecule has 0 bridgehead atoms. The first-order valence-electron chi connectivity index (χ1n) is 10.1. The van der Waals surface area contributed by atoms with Crippen molar-refractivity contribution in [2.75, 3.05) is 12.3 Å². The fourth-order valence-corrected chi connectivity index (χ4v) is 3.89. The molecule has 3 aromatic carbocycles. The molecule has 1 atom stereocenters. The van der Waals surface area contributed by atoms with Gasteiger partial charge in [0.2, 0.25) is 5.91 Å². The summed E-state index contributed by atoms with van der Waals surface area (Å²) in [6.07, 6.45) is 0. The highest BCUT2D eigenvalue weighted by atomic mass is 32.2. The number of carbonyl (C=O) groups excluding carboxylic acids is 2. The van der Waals surface area contributed by atoms with Crippen molar-refractivity contribution in [1.82, 2.24) is 10.6 Å². The Hall–Kier alpha value is -3.76. The fourth-order valence-electron chi connectivity index (χ4n) is 2.87. The van der Waals surface area contributed by atoms with Crippen molar-refractivity contribution in [3.05, 3.63) is 96.1 Å². The van der Waals surface area contributed by atoms with Crippen molar-refractivity contribution < 1.29 is 14.3 Å². The summed E-state index contributed by atoms with van der Waals surface area (Å²) in [7, 11) is 0. The van der Waals surface area contributed by atoms with Crippen LogP contribution in [0.2, 0.25) is 0 Å². The first-order chi connectivity index (χ1) is 15.7. The number of nitrogens with zero attached hydrogens (tertiary/aromatic N) is 1. The van der Waals surface area contributed by atoms with Crippen LogP contribution in [-0.2, 0) is 10.5 Å². The van der Waals surface area contributed by atoms with Crippen LogP contribution in [0.5, 0.6) is 11.5 Å². The quantitative estimate of drug-likeness (QED) is 0.458. The van der Waals surface area contributed by atoms with Gasteiger partial charge in [0.15, 0.2) is 0 Å². The number of hydrogen-bond acceptors (Lipinski definition) is 5. The summed E-state index contributed by atoms with van der Waals surface area (Å²) >= 11 is 1.54. The van der Waals surface area contributed by atoms with Crippen LogP contribution in [0.15, 0.2) is 84.9 Å². The Kier molecular flexibility index (Phi) is 8.72. The predicted octanol–water partition coefficient (Wildman–Crippen LogP) is 4.15. The average Bonchev–Trinajstić information content (AvgIpc) is 2.83. The van der Waals surface area contributed by atoms with Crippen LogP contribution in [0.3, 0.4) is 0 Å². The van der Waals surface area contributed by atoms with Crippen molar-refractivity contribution in [3.8, 4) is 17.6 Å². The van der Waals surface area contributed by atoms with Gasteiger partial charge in [-0.1, -0.05) is 54.6 Å². The van der Waals surface area contributed by atoms with Crippen LogP contribution >= 0.6 is 11.8 Å². The van der Waals surface area contributed by atoms with E-state index in [9.17, 15) is 9.59 Å². The number of rotatable bonds is 10. The van der Waals surface area contributed by atoms with Crippen molar-refractivity contribution >= 4 is 23.6 Å². The second-order valence-electron chi connectivity index (χ2n) is 6.85. The molecule has 0 aliphatic carbocycles. The van der Waals surface area contributed by atoms with Crippen molar-refractivity contribution in [2.24, 2.45) is 0 Å². The van der Waals surface area contributed by atoms with Gasteiger partial charge in [-0.3, -0.25) is 9.59 Å². The van der Waals surface area contributed by atoms with Gasteiger partial charge < -0.3 is 15.4 Å². The molecule has 162 valence electrons. The van der Waals surface area contributed by atoms with Crippen molar-refractivity contribution in [2.45, 2.75) is 11.8 Å². The molecule has 1 unspecified atom stereocenters. The lowest BCUT2D eigenvalue weighted by atomic mass is 10.2.